The zero-order chi connectivity index (χ0) is 15.3. The van der Waals surface area contributed by atoms with Gasteiger partial charge in [-0.2, -0.15) is 5.10 Å². The van der Waals surface area contributed by atoms with Gasteiger partial charge in [-0.1, -0.05) is 6.92 Å². The van der Waals surface area contributed by atoms with Crippen molar-refractivity contribution >= 4 is 11.9 Å². The number of carboxylic acid groups (broad SMARTS) is 1. The summed E-state index contributed by atoms with van der Waals surface area (Å²) >= 11 is 0. The molecule has 1 aromatic heterocycles. The third-order valence-corrected chi connectivity index (χ3v) is 4.44. The highest BCUT2D eigenvalue weighted by Crippen LogP contribution is 2.38. The maximum Gasteiger partial charge on any atom is 0.311 e. The number of carboxylic acids is 1. The molecule has 1 aliphatic carbocycles. The molecule has 0 aromatic carbocycles. The van der Waals surface area contributed by atoms with Crippen LogP contribution in [0.2, 0.25) is 0 Å². The molecule has 1 amide bonds. The lowest BCUT2D eigenvalue weighted by Gasteiger charge is -2.35. The molecule has 1 aromatic rings. The van der Waals surface area contributed by atoms with Gasteiger partial charge >= 0.3 is 5.97 Å². The second-order valence-electron chi connectivity index (χ2n) is 6.06. The van der Waals surface area contributed by atoms with E-state index in [1.165, 1.54) is 0 Å². The molecule has 1 saturated carbocycles. The molecular formula is C15H23N3O3. The smallest absolute Gasteiger partial charge is 0.311 e. The number of carbonyl (C=O) groups is 2. The van der Waals surface area contributed by atoms with Crippen molar-refractivity contribution < 1.29 is 14.7 Å². The highest BCUT2D eigenvalue weighted by molar-refractivity contribution is 5.79. The summed E-state index contributed by atoms with van der Waals surface area (Å²) in [7, 11) is 0. The van der Waals surface area contributed by atoms with Gasteiger partial charge in [0.05, 0.1) is 5.41 Å². The normalized spacial score (nSPS) is 25.5. The van der Waals surface area contributed by atoms with Crippen molar-refractivity contribution in [3.05, 3.63) is 18.5 Å². The van der Waals surface area contributed by atoms with Crippen LogP contribution >= 0.6 is 0 Å². The van der Waals surface area contributed by atoms with Gasteiger partial charge in [0.2, 0.25) is 5.91 Å². The van der Waals surface area contributed by atoms with E-state index < -0.39 is 11.4 Å². The first kappa shape index (κ1) is 15.5. The van der Waals surface area contributed by atoms with Crippen molar-refractivity contribution in [3.63, 3.8) is 0 Å². The van der Waals surface area contributed by atoms with Gasteiger partial charge in [-0.3, -0.25) is 14.3 Å². The number of amides is 1. The van der Waals surface area contributed by atoms with Crippen molar-refractivity contribution in [2.24, 2.45) is 11.3 Å². The third kappa shape index (κ3) is 4.06. The molecule has 0 unspecified atom stereocenters. The number of nitrogens with zero attached hydrogens (tertiary/aromatic N) is 2. The topological polar surface area (TPSA) is 84.2 Å². The Morgan fingerprint density at radius 1 is 1.43 bits per heavy atom. The largest absolute Gasteiger partial charge is 0.481 e. The van der Waals surface area contributed by atoms with Crippen LogP contribution in [0.4, 0.5) is 0 Å². The van der Waals surface area contributed by atoms with E-state index in [1.807, 2.05) is 0 Å². The Kier molecular flexibility index (Phi) is 4.98. The fourth-order valence-corrected chi connectivity index (χ4v) is 2.79. The van der Waals surface area contributed by atoms with Crippen LogP contribution in [0.5, 0.6) is 0 Å². The lowest BCUT2D eigenvalue weighted by atomic mass is 9.71. The third-order valence-electron chi connectivity index (χ3n) is 4.44. The maximum atomic E-state index is 11.9. The number of aliphatic carboxylic acids is 1. The molecular weight excluding hydrogens is 270 g/mol. The van der Waals surface area contributed by atoms with E-state index in [0.29, 0.717) is 31.7 Å². The molecule has 1 fully saturated rings. The van der Waals surface area contributed by atoms with E-state index in [9.17, 15) is 14.7 Å². The average Bonchev–Trinajstić information content (AvgIpc) is 2.98. The number of carbonyl (C=O) groups excluding carboxylic acids is 1. The molecule has 0 aliphatic heterocycles. The van der Waals surface area contributed by atoms with Crippen LogP contribution in [0.25, 0.3) is 0 Å². The van der Waals surface area contributed by atoms with E-state index in [4.69, 9.17) is 0 Å². The Morgan fingerprint density at radius 3 is 2.71 bits per heavy atom. The number of aromatic nitrogens is 2. The predicted octanol–water partition coefficient (Wildman–Crippen LogP) is 1.67. The standard InChI is InChI=1S/C15H23N3O3/c1-12-3-6-15(7-4-12,14(20)21)11-16-13(19)5-10-18-9-2-8-17-18/h2,8-9,12H,3-7,10-11H2,1H3,(H,16,19)(H,20,21). The van der Waals surface area contributed by atoms with Crippen molar-refractivity contribution in [2.75, 3.05) is 6.54 Å². The Hall–Kier alpha value is -1.85. The van der Waals surface area contributed by atoms with Crippen LogP contribution in [0.3, 0.4) is 0 Å². The summed E-state index contributed by atoms with van der Waals surface area (Å²) in [5.41, 5.74) is -0.784. The number of rotatable bonds is 6. The number of hydrogen-bond acceptors (Lipinski definition) is 3. The van der Waals surface area contributed by atoms with Gasteiger partial charge in [-0.15, -0.1) is 0 Å². The maximum absolute atomic E-state index is 11.9. The van der Waals surface area contributed by atoms with Gasteiger partial charge in [-0.25, -0.2) is 0 Å². The average molecular weight is 293 g/mol. The van der Waals surface area contributed by atoms with E-state index in [1.54, 1.807) is 23.1 Å². The van der Waals surface area contributed by atoms with Gasteiger partial charge in [0.15, 0.2) is 0 Å². The van der Waals surface area contributed by atoms with Crippen LogP contribution in [-0.4, -0.2) is 33.3 Å². The fraction of sp³-hybridized carbons (Fsp3) is 0.667. The summed E-state index contributed by atoms with van der Waals surface area (Å²) in [5, 5.41) is 16.3. The molecule has 0 spiro atoms. The summed E-state index contributed by atoms with van der Waals surface area (Å²) in [6.45, 7) is 2.89. The molecule has 0 bridgehead atoms. The molecule has 0 atom stereocenters. The lowest BCUT2D eigenvalue weighted by molar-refractivity contribution is -0.151. The zero-order valence-corrected chi connectivity index (χ0v) is 12.4. The SMILES string of the molecule is CC1CCC(CNC(=O)CCn2cccn2)(C(=O)O)CC1. The van der Waals surface area contributed by atoms with E-state index >= 15 is 0 Å². The van der Waals surface area contributed by atoms with Crippen molar-refractivity contribution in [1.82, 2.24) is 15.1 Å². The lowest BCUT2D eigenvalue weighted by Crippen LogP contribution is -2.45. The van der Waals surface area contributed by atoms with Crippen molar-refractivity contribution in [1.29, 1.82) is 0 Å². The Morgan fingerprint density at radius 2 is 2.14 bits per heavy atom. The van der Waals surface area contributed by atoms with E-state index in [0.717, 1.165) is 12.8 Å². The molecule has 116 valence electrons. The molecule has 6 heteroatoms. The minimum Gasteiger partial charge on any atom is -0.481 e. The molecule has 2 N–H and O–H groups in total. The summed E-state index contributed by atoms with van der Waals surface area (Å²) < 4.78 is 1.69. The molecule has 21 heavy (non-hydrogen) atoms. The van der Waals surface area contributed by atoms with Gasteiger partial charge in [0, 0.05) is 31.9 Å². The zero-order valence-electron chi connectivity index (χ0n) is 12.4. The van der Waals surface area contributed by atoms with Crippen LogP contribution in [0.1, 0.15) is 39.0 Å². The molecule has 1 heterocycles. The van der Waals surface area contributed by atoms with Crippen molar-refractivity contribution in [2.45, 2.75) is 45.6 Å². The summed E-state index contributed by atoms with van der Waals surface area (Å²) in [6.07, 6.45) is 6.89. The van der Waals surface area contributed by atoms with Gasteiger partial charge in [0.1, 0.15) is 0 Å². The highest BCUT2D eigenvalue weighted by Gasteiger charge is 2.41. The molecule has 0 saturated heterocycles. The van der Waals surface area contributed by atoms with Crippen LogP contribution in [-0.2, 0) is 16.1 Å². The van der Waals surface area contributed by atoms with E-state index in [2.05, 4.69) is 17.3 Å². The predicted molar refractivity (Wildman–Crippen MR) is 77.6 cm³/mol. The Balaban J connectivity index is 1.81. The van der Waals surface area contributed by atoms with Gasteiger partial charge in [-0.05, 0) is 37.7 Å². The van der Waals surface area contributed by atoms with E-state index in [-0.39, 0.29) is 12.5 Å². The Labute approximate surface area is 124 Å². The van der Waals surface area contributed by atoms with Crippen LogP contribution < -0.4 is 5.32 Å². The second-order valence-corrected chi connectivity index (χ2v) is 6.06. The van der Waals surface area contributed by atoms with Crippen molar-refractivity contribution in [3.8, 4) is 0 Å². The van der Waals surface area contributed by atoms with Gasteiger partial charge in [0.25, 0.3) is 0 Å². The molecule has 0 radical (unpaired) electrons. The minimum absolute atomic E-state index is 0.121. The molecule has 1 aliphatic rings. The number of nitrogens with one attached hydrogen (secondary N) is 1. The summed E-state index contributed by atoms with van der Waals surface area (Å²) in [6, 6.07) is 1.81. The van der Waals surface area contributed by atoms with Crippen LogP contribution in [0, 0.1) is 11.3 Å². The second kappa shape index (κ2) is 6.74. The fourth-order valence-electron chi connectivity index (χ4n) is 2.79. The first-order chi connectivity index (χ1) is 10.0. The first-order valence-electron chi connectivity index (χ1n) is 7.49. The molecule has 2 rings (SSSR count). The van der Waals surface area contributed by atoms with Gasteiger partial charge < -0.3 is 10.4 Å². The summed E-state index contributed by atoms with van der Waals surface area (Å²) in [4.78, 5) is 23.4. The Bertz CT molecular complexity index is 476. The highest BCUT2D eigenvalue weighted by atomic mass is 16.4. The minimum atomic E-state index is -0.790. The first-order valence-corrected chi connectivity index (χ1v) is 7.49. The molecule has 6 nitrogen and oxygen atoms in total. The quantitative estimate of drug-likeness (QED) is 0.835. The monoisotopic (exact) mass is 293 g/mol. The van der Waals surface area contributed by atoms with Crippen LogP contribution in [0.15, 0.2) is 18.5 Å². The summed E-state index contributed by atoms with van der Waals surface area (Å²) in [5.74, 6) is -0.334. The number of hydrogen-bond donors (Lipinski definition) is 2. The number of aryl methyl sites for hydroxylation is 1.